The first kappa shape index (κ1) is 28.3. The third-order valence-corrected chi connectivity index (χ3v) is 9.91. The fraction of sp³-hybridized carbons (Fsp3) is 0. The molecular formula is C47H30N2O. The van der Waals surface area contributed by atoms with Crippen LogP contribution in [0.2, 0.25) is 0 Å². The number of fused-ring (bicyclic) bond motifs is 7. The molecular weight excluding hydrogens is 609 g/mol. The van der Waals surface area contributed by atoms with Crippen molar-refractivity contribution in [1.82, 2.24) is 4.98 Å². The summed E-state index contributed by atoms with van der Waals surface area (Å²) in [5, 5.41) is 9.45. The van der Waals surface area contributed by atoms with Crippen LogP contribution in [0.5, 0.6) is 0 Å². The van der Waals surface area contributed by atoms with E-state index in [1.807, 2.05) is 18.5 Å². The number of anilines is 3. The van der Waals surface area contributed by atoms with Crippen molar-refractivity contribution in [2.24, 2.45) is 0 Å². The second-order valence-corrected chi connectivity index (χ2v) is 12.8. The second-order valence-electron chi connectivity index (χ2n) is 12.8. The first-order chi connectivity index (χ1) is 24.8. The highest BCUT2D eigenvalue weighted by atomic mass is 16.3. The quantitative estimate of drug-likeness (QED) is 0.176. The predicted molar refractivity (Wildman–Crippen MR) is 210 cm³/mol. The normalized spacial score (nSPS) is 11.6. The first-order valence-electron chi connectivity index (χ1n) is 16.9. The van der Waals surface area contributed by atoms with Crippen LogP contribution in [0.4, 0.5) is 17.1 Å². The van der Waals surface area contributed by atoms with Crippen molar-refractivity contribution >= 4 is 71.3 Å². The average Bonchev–Trinajstić information content (AvgIpc) is 3.54. The lowest BCUT2D eigenvalue weighted by Crippen LogP contribution is -2.09. The molecule has 0 N–H and O–H groups in total. The number of aromatic nitrogens is 1. The molecule has 10 rings (SSSR count). The Labute approximate surface area is 289 Å². The van der Waals surface area contributed by atoms with Gasteiger partial charge in [0, 0.05) is 51.7 Å². The zero-order chi connectivity index (χ0) is 33.0. The van der Waals surface area contributed by atoms with Gasteiger partial charge < -0.3 is 9.32 Å². The molecule has 3 heteroatoms. The van der Waals surface area contributed by atoms with Crippen LogP contribution in [-0.4, -0.2) is 4.98 Å². The third-order valence-electron chi connectivity index (χ3n) is 9.91. The Morgan fingerprint density at radius 1 is 0.380 bits per heavy atom. The van der Waals surface area contributed by atoms with E-state index in [9.17, 15) is 0 Å². The SMILES string of the molecule is c1ccc(-c2ccc(N(c3ccc(-c4cc5ccccc5c5ccccc45)cc3)c3ccc4c(c3)oc3cc5ccncc5cc34)cc2)cc1. The van der Waals surface area contributed by atoms with Crippen LogP contribution in [0.25, 0.3) is 76.5 Å². The van der Waals surface area contributed by atoms with Gasteiger partial charge >= 0.3 is 0 Å². The highest BCUT2D eigenvalue weighted by Gasteiger charge is 2.17. The molecule has 0 saturated carbocycles. The maximum atomic E-state index is 6.51. The van der Waals surface area contributed by atoms with Crippen molar-refractivity contribution in [3.63, 3.8) is 0 Å². The fourth-order valence-electron chi connectivity index (χ4n) is 7.45. The van der Waals surface area contributed by atoms with Crippen LogP contribution in [0, 0.1) is 0 Å². The minimum absolute atomic E-state index is 0.853. The summed E-state index contributed by atoms with van der Waals surface area (Å²) in [5.74, 6) is 0. The van der Waals surface area contributed by atoms with E-state index in [2.05, 4.69) is 174 Å². The molecule has 50 heavy (non-hydrogen) atoms. The molecule has 2 heterocycles. The molecule has 0 aliphatic heterocycles. The van der Waals surface area contributed by atoms with Gasteiger partial charge in [-0.2, -0.15) is 0 Å². The molecule has 3 nitrogen and oxygen atoms in total. The van der Waals surface area contributed by atoms with Gasteiger partial charge in [-0.1, -0.05) is 103 Å². The van der Waals surface area contributed by atoms with Gasteiger partial charge in [0.15, 0.2) is 0 Å². The second kappa shape index (κ2) is 11.5. The molecule has 0 radical (unpaired) electrons. The molecule has 0 fully saturated rings. The van der Waals surface area contributed by atoms with Crippen LogP contribution in [-0.2, 0) is 0 Å². The van der Waals surface area contributed by atoms with Gasteiger partial charge in [-0.05, 0) is 110 Å². The maximum absolute atomic E-state index is 6.51. The van der Waals surface area contributed by atoms with Crippen molar-refractivity contribution in [3.05, 3.63) is 182 Å². The summed E-state index contributed by atoms with van der Waals surface area (Å²) in [6.45, 7) is 0. The Morgan fingerprint density at radius 3 is 1.82 bits per heavy atom. The first-order valence-corrected chi connectivity index (χ1v) is 16.9. The molecule has 0 spiro atoms. The van der Waals surface area contributed by atoms with E-state index < -0.39 is 0 Å². The highest BCUT2D eigenvalue weighted by Crippen LogP contribution is 2.41. The molecule has 0 amide bonds. The molecule has 0 atom stereocenters. The van der Waals surface area contributed by atoms with Crippen molar-refractivity contribution in [3.8, 4) is 22.3 Å². The number of furan rings is 1. The van der Waals surface area contributed by atoms with Crippen molar-refractivity contribution < 1.29 is 4.42 Å². The van der Waals surface area contributed by atoms with Crippen molar-refractivity contribution in [2.75, 3.05) is 4.90 Å². The summed E-state index contributed by atoms with van der Waals surface area (Å²) in [5.41, 5.74) is 9.69. The Balaban J connectivity index is 1.11. The topological polar surface area (TPSA) is 29.3 Å². The van der Waals surface area contributed by atoms with Gasteiger partial charge in [0.1, 0.15) is 11.2 Å². The molecule has 0 aliphatic carbocycles. The molecule has 0 bridgehead atoms. The summed E-state index contributed by atoms with van der Waals surface area (Å²) in [4.78, 5) is 6.64. The van der Waals surface area contributed by atoms with Crippen LogP contribution < -0.4 is 4.90 Å². The average molecular weight is 639 g/mol. The van der Waals surface area contributed by atoms with Gasteiger partial charge in [0.2, 0.25) is 0 Å². The van der Waals surface area contributed by atoms with Gasteiger partial charge in [0.25, 0.3) is 0 Å². The van der Waals surface area contributed by atoms with E-state index >= 15 is 0 Å². The monoisotopic (exact) mass is 638 g/mol. The van der Waals surface area contributed by atoms with Gasteiger partial charge in [-0.25, -0.2) is 0 Å². The molecule has 0 unspecified atom stereocenters. The van der Waals surface area contributed by atoms with Crippen LogP contribution in [0.15, 0.2) is 187 Å². The molecule has 234 valence electrons. The number of rotatable bonds is 5. The van der Waals surface area contributed by atoms with E-state index in [0.29, 0.717) is 0 Å². The third kappa shape index (κ3) is 4.71. The minimum atomic E-state index is 0.853. The van der Waals surface area contributed by atoms with E-state index in [4.69, 9.17) is 4.42 Å². The Morgan fingerprint density at radius 2 is 1.02 bits per heavy atom. The summed E-state index contributed by atoms with van der Waals surface area (Å²) in [7, 11) is 0. The Hall–Kier alpha value is -6.71. The van der Waals surface area contributed by atoms with Gasteiger partial charge in [-0.15, -0.1) is 0 Å². The fourth-order valence-corrected chi connectivity index (χ4v) is 7.45. The smallest absolute Gasteiger partial charge is 0.137 e. The number of hydrogen-bond donors (Lipinski definition) is 0. The van der Waals surface area contributed by atoms with Gasteiger partial charge in [0.05, 0.1) is 0 Å². The molecule has 0 saturated heterocycles. The van der Waals surface area contributed by atoms with Crippen molar-refractivity contribution in [2.45, 2.75) is 0 Å². The molecule has 10 aromatic rings. The predicted octanol–water partition coefficient (Wildman–Crippen LogP) is 13.2. The summed E-state index contributed by atoms with van der Waals surface area (Å²) in [6.07, 6.45) is 3.73. The van der Waals surface area contributed by atoms with E-state index in [-0.39, 0.29) is 0 Å². The van der Waals surface area contributed by atoms with Crippen LogP contribution in [0.3, 0.4) is 0 Å². The zero-order valence-electron chi connectivity index (χ0n) is 27.1. The lowest BCUT2D eigenvalue weighted by Gasteiger charge is -2.26. The van der Waals surface area contributed by atoms with Crippen LogP contribution >= 0.6 is 0 Å². The lowest BCUT2D eigenvalue weighted by atomic mass is 9.93. The standard InChI is InChI=1S/C47H30N2O/c1-2-8-31(9-3-1)32-14-18-37(19-15-32)49(39-22-23-43-45-27-36-30-48-25-24-34(36)28-46(45)50-47(43)29-39)38-20-16-33(17-21-38)44-26-35-10-4-5-11-40(35)41-12-6-7-13-42(41)44/h1-30H. The summed E-state index contributed by atoms with van der Waals surface area (Å²) >= 11 is 0. The van der Waals surface area contributed by atoms with E-state index in [0.717, 1.165) is 49.8 Å². The van der Waals surface area contributed by atoms with E-state index in [1.54, 1.807) is 0 Å². The van der Waals surface area contributed by atoms with E-state index in [1.165, 1.54) is 43.8 Å². The number of pyridine rings is 1. The highest BCUT2D eigenvalue weighted by molar-refractivity contribution is 6.14. The number of benzene rings is 8. The number of hydrogen-bond acceptors (Lipinski definition) is 3. The zero-order valence-corrected chi connectivity index (χ0v) is 27.1. The largest absolute Gasteiger partial charge is 0.456 e. The summed E-state index contributed by atoms with van der Waals surface area (Å²) in [6, 6.07) is 60.8. The molecule has 8 aromatic carbocycles. The minimum Gasteiger partial charge on any atom is -0.456 e. The lowest BCUT2D eigenvalue weighted by molar-refractivity contribution is 0.669. The summed E-state index contributed by atoms with van der Waals surface area (Å²) < 4.78 is 6.51. The van der Waals surface area contributed by atoms with Gasteiger partial charge in [-0.3, -0.25) is 4.98 Å². The van der Waals surface area contributed by atoms with Crippen LogP contribution in [0.1, 0.15) is 0 Å². The van der Waals surface area contributed by atoms with Crippen molar-refractivity contribution in [1.29, 1.82) is 0 Å². The maximum Gasteiger partial charge on any atom is 0.137 e. The Bertz CT molecular complexity index is 2850. The Kier molecular flexibility index (Phi) is 6.49. The number of nitrogens with zero attached hydrogens (tertiary/aromatic N) is 2. The molecule has 0 aliphatic rings. The molecule has 2 aromatic heterocycles.